The summed E-state index contributed by atoms with van der Waals surface area (Å²) < 4.78 is 5.39. The summed E-state index contributed by atoms with van der Waals surface area (Å²) in [7, 11) is 1.71. The van der Waals surface area contributed by atoms with Crippen molar-refractivity contribution in [2.75, 3.05) is 44.7 Å². The van der Waals surface area contributed by atoms with E-state index in [9.17, 15) is 0 Å². The highest BCUT2D eigenvalue weighted by Crippen LogP contribution is 2.20. The molecule has 1 aliphatic heterocycles. The van der Waals surface area contributed by atoms with Crippen molar-refractivity contribution in [1.29, 1.82) is 0 Å². The van der Waals surface area contributed by atoms with E-state index in [0.29, 0.717) is 0 Å². The zero-order valence-corrected chi connectivity index (χ0v) is 15.3. The Kier molecular flexibility index (Phi) is 5.66. The fourth-order valence-corrected chi connectivity index (χ4v) is 3.11. The van der Waals surface area contributed by atoms with Crippen LogP contribution < -0.4 is 9.64 Å². The van der Waals surface area contributed by atoms with Gasteiger partial charge in [-0.1, -0.05) is 30.4 Å². The summed E-state index contributed by atoms with van der Waals surface area (Å²) in [5.74, 6) is 2.83. The number of rotatable bonds is 5. The minimum absolute atomic E-state index is 0.836. The molecular weight excluding hydrogens is 312 g/mol. The maximum Gasteiger partial charge on any atom is 0.135 e. The maximum absolute atomic E-state index is 5.39. The molecule has 2 heterocycles. The fourth-order valence-electron chi connectivity index (χ4n) is 3.11. The minimum Gasteiger partial charge on any atom is -0.496 e. The molecule has 0 unspecified atom stereocenters. The third kappa shape index (κ3) is 4.37. The second-order valence-electron chi connectivity index (χ2n) is 6.36. The monoisotopic (exact) mass is 338 g/mol. The molecule has 1 fully saturated rings. The molecule has 5 heteroatoms. The number of hydrogen-bond acceptors (Lipinski definition) is 5. The number of para-hydroxylation sites is 1. The lowest BCUT2D eigenvalue weighted by molar-refractivity contribution is 0.283. The van der Waals surface area contributed by atoms with E-state index in [0.717, 1.165) is 61.2 Å². The molecule has 25 heavy (non-hydrogen) atoms. The number of benzene rings is 1. The van der Waals surface area contributed by atoms with E-state index in [4.69, 9.17) is 4.74 Å². The van der Waals surface area contributed by atoms with Gasteiger partial charge in [-0.3, -0.25) is 4.90 Å². The normalized spacial score (nSPS) is 15.7. The highest BCUT2D eigenvalue weighted by atomic mass is 16.5. The molecule has 0 bridgehead atoms. The molecule has 0 atom stereocenters. The lowest BCUT2D eigenvalue weighted by atomic mass is 10.2. The van der Waals surface area contributed by atoms with Crippen molar-refractivity contribution >= 4 is 11.9 Å². The van der Waals surface area contributed by atoms with E-state index in [1.54, 1.807) is 7.11 Å². The SMILES string of the molecule is COc1ccccc1/C=C/CN1CCN(c2nc(C)ncc2C)CC1. The zero-order valence-electron chi connectivity index (χ0n) is 15.3. The van der Waals surface area contributed by atoms with E-state index in [1.165, 1.54) is 0 Å². The van der Waals surface area contributed by atoms with Crippen LogP contribution in [0.4, 0.5) is 5.82 Å². The summed E-state index contributed by atoms with van der Waals surface area (Å²) in [5, 5.41) is 0. The first kappa shape index (κ1) is 17.4. The second kappa shape index (κ2) is 8.12. The van der Waals surface area contributed by atoms with Gasteiger partial charge in [-0.15, -0.1) is 0 Å². The second-order valence-corrected chi connectivity index (χ2v) is 6.36. The molecule has 0 aliphatic carbocycles. The summed E-state index contributed by atoms with van der Waals surface area (Å²) in [6, 6.07) is 8.09. The van der Waals surface area contributed by atoms with Gasteiger partial charge in [-0.25, -0.2) is 9.97 Å². The Morgan fingerprint density at radius 1 is 1.12 bits per heavy atom. The smallest absolute Gasteiger partial charge is 0.135 e. The molecule has 5 nitrogen and oxygen atoms in total. The van der Waals surface area contributed by atoms with Crippen LogP contribution in [0.5, 0.6) is 5.75 Å². The fraction of sp³-hybridized carbons (Fsp3) is 0.400. The van der Waals surface area contributed by atoms with Crippen LogP contribution in [0.2, 0.25) is 0 Å². The van der Waals surface area contributed by atoms with E-state index in [-0.39, 0.29) is 0 Å². The standard InChI is InChI=1S/C20H26N4O/c1-16-15-21-17(2)22-20(16)24-13-11-23(12-14-24)10-6-8-18-7-4-5-9-19(18)25-3/h4-9,15H,10-14H2,1-3H3/b8-6+. The van der Waals surface area contributed by atoms with Gasteiger partial charge in [0, 0.05) is 50.0 Å². The van der Waals surface area contributed by atoms with Gasteiger partial charge in [0.15, 0.2) is 0 Å². The van der Waals surface area contributed by atoms with Crippen molar-refractivity contribution in [3.8, 4) is 5.75 Å². The van der Waals surface area contributed by atoms with Gasteiger partial charge in [-0.2, -0.15) is 0 Å². The van der Waals surface area contributed by atoms with Crippen LogP contribution in [0.25, 0.3) is 6.08 Å². The topological polar surface area (TPSA) is 41.5 Å². The van der Waals surface area contributed by atoms with Crippen LogP contribution in [0.3, 0.4) is 0 Å². The molecule has 1 aromatic heterocycles. The first-order valence-electron chi connectivity index (χ1n) is 8.74. The van der Waals surface area contributed by atoms with Crippen molar-refractivity contribution in [1.82, 2.24) is 14.9 Å². The molecule has 0 N–H and O–H groups in total. The third-order valence-corrected chi connectivity index (χ3v) is 4.54. The molecule has 0 radical (unpaired) electrons. The average Bonchev–Trinajstić information content (AvgIpc) is 2.65. The number of aromatic nitrogens is 2. The van der Waals surface area contributed by atoms with Crippen molar-refractivity contribution in [2.45, 2.75) is 13.8 Å². The molecular formula is C20H26N4O. The number of aryl methyl sites for hydroxylation is 2. The van der Waals surface area contributed by atoms with Gasteiger partial charge in [0.25, 0.3) is 0 Å². The molecule has 1 aliphatic rings. The number of methoxy groups -OCH3 is 1. The quantitative estimate of drug-likeness (QED) is 0.838. The van der Waals surface area contributed by atoms with E-state index in [1.807, 2.05) is 31.3 Å². The molecule has 1 aromatic carbocycles. The Morgan fingerprint density at radius 2 is 1.88 bits per heavy atom. The Balaban J connectivity index is 1.54. The first-order valence-corrected chi connectivity index (χ1v) is 8.74. The predicted molar refractivity (Wildman–Crippen MR) is 102 cm³/mol. The van der Waals surface area contributed by atoms with E-state index >= 15 is 0 Å². The lowest BCUT2D eigenvalue weighted by Crippen LogP contribution is -2.46. The molecule has 0 amide bonds. The van der Waals surface area contributed by atoms with Crippen LogP contribution in [-0.2, 0) is 0 Å². The van der Waals surface area contributed by atoms with Gasteiger partial charge < -0.3 is 9.64 Å². The zero-order chi connectivity index (χ0) is 17.6. The van der Waals surface area contributed by atoms with Gasteiger partial charge in [0.1, 0.15) is 17.4 Å². The van der Waals surface area contributed by atoms with Crippen molar-refractivity contribution in [3.63, 3.8) is 0 Å². The number of anilines is 1. The lowest BCUT2D eigenvalue weighted by Gasteiger charge is -2.35. The summed E-state index contributed by atoms with van der Waals surface area (Å²) in [6.07, 6.45) is 6.27. The van der Waals surface area contributed by atoms with Crippen molar-refractivity contribution < 1.29 is 4.74 Å². The summed E-state index contributed by atoms with van der Waals surface area (Å²) in [6.45, 7) is 9.06. The van der Waals surface area contributed by atoms with Gasteiger partial charge >= 0.3 is 0 Å². The maximum atomic E-state index is 5.39. The van der Waals surface area contributed by atoms with Crippen LogP contribution in [-0.4, -0.2) is 54.7 Å². The van der Waals surface area contributed by atoms with E-state index in [2.05, 4.69) is 44.9 Å². The van der Waals surface area contributed by atoms with Crippen LogP contribution in [0, 0.1) is 13.8 Å². The summed E-state index contributed by atoms with van der Waals surface area (Å²) in [5.41, 5.74) is 2.27. The molecule has 2 aromatic rings. The van der Waals surface area contributed by atoms with Crippen LogP contribution in [0.1, 0.15) is 17.0 Å². The molecule has 0 spiro atoms. The number of hydrogen-bond donors (Lipinski definition) is 0. The highest BCUT2D eigenvalue weighted by molar-refractivity contribution is 5.57. The van der Waals surface area contributed by atoms with Gasteiger partial charge in [0.05, 0.1) is 7.11 Å². The molecule has 3 rings (SSSR count). The molecule has 132 valence electrons. The Hall–Kier alpha value is -2.40. The largest absolute Gasteiger partial charge is 0.496 e. The highest BCUT2D eigenvalue weighted by Gasteiger charge is 2.18. The first-order chi connectivity index (χ1) is 12.2. The molecule has 0 saturated carbocycles. The Labute approximate surface area is 150 Å². The van der Waals surface area contributed by atoms with Crippen molar-refractivity contribution in [3.05, 3.63) is 53.5 Å². The summed E-state index contributed by atoms with van der Waals surface area (Å²) in [4.78, 5) is 13.7. The number of nitrogens with zero attached hydrogens (tertiary/aromatic N) is 4. The molecule has 1 saturated heterocycles. The Morgan fingerprint density at radius 3 is 2.64 bits per heavy atom. The van der Waals surface area contributed by atoms with Gasteiger partial charge in [0.2, 0.25) is 0 Å². The summed E-state index contributed by atoms with van der Waals surface area (Å²) >= 11 is 0. The van der Waals surface area contributed by atoms with Crippen molar-refractivity contribution in [2.24, 2.45) is 0 Å². The number of ether oxygens (including phenoxy) is 1. The number of piperazine rings is 1. The third-order valence-electron chi connectivity index (χ3n) is 4.54. The minimum atomic E-state index is 0.836. The predicted octanol–water partition coefficient (Wildman–Crippen LogP) is 2.94. The van der Waals surface area contributed by atoms with Gasteiger partial charge in [-0.05, 0) is 19.9 Å². The van der Waals surface area contributed by atoms with E-state index < -0.39 is 0 Å². The van der Waals surface area contributed by atoms with Crippen LogP contribution >= 0.6 is 0 Å². The Bertz CT molecular complexity index is 736. The van der Waals surface area contributed by atoms with Crippen LogP contribution in [0.15, 0.2) is 36.5 Å². The average molecular weight is 338 g/mol.